The Labute approximate surface area is 119 Å². The normalized spacial score (nSPS) is 19.6. The van der Waals surface area contributed by atoms with Crippen molar-refractivity contribution in [1.82, 2.24) is 15.1 Å². The monoisotopic (exact) mass is 287 g/mol. The molecule has 1 aliphatic heterocycles. The molecule has 0 aromatic carbocycles. The second-order valence-corrected chi connectivity index (χ2v) is 5.26. The smallest absolute Gasteiger partial charge is 0.323 e. The molecule has 0 aromatic rings. The van der Waals surface area contributed by atoms with Gasteiger partial charge in [-0.05, 0) is 32.4 Å². The lowest BCUT2D eigenvalue weighted by atomic mass is 9.99. The molecule has 2 N–H and O–H groups in total. The summed E-state index contributed by atoms with van der Waals surface area (Å²) in [6.07, 6.45) is 2.24. The van der Waals surface area contributed by atoms with E-state index < -0.39 is 5.97 Å². The summed E-state index contributed by atoms with van der Waals surface area (Å²) >= 11 is 0. The topological polar surface area (TPSA) is 82.1 Å². The lowest BCUT2D eigenvalue weighted by molar-refractivity contribution is -0.137. The second-order valence-electron chi connectivity index (χ2n) is 5.26. The molecule has 1 saturated heterocycles. The Hall–Kier alpha value is -1.34. The predicted octanol–water partition coefficient (Wildman–Crippen LogP) is 0.0708. The molecule has 0 bridgehead atoms. The zero-order chi connectivity index (χ0) is 15.0. The molecule has 0 saturated carbocycles. The van der Waals surface area contributed by atoms with Gasteiger partial charge >= 0.3 is 12.0 Å². The Bertz CT molecular complexity index is 325. The Morgan fingerprint density at radius 2 is 2.25 bits per heavy atom. The number of piperidine rings is 1. The second kappa shape index (κ2) is 8.76. The first-order chi connectivity index (χ1) is 9.52. The minimum atomic E-state index is -1.02. The van der Waals surface area contributed by atoms with Crippen LogP contribution in [0.4, 0.5) is 4.79 Å². The summed E-state index contributed by atoms with van der Waals surface area (Å²) < 4.78 is 4.89. The average molecular weight is 287 g/mol. The van der Waals surface area contributed by atoms with E-state index in [0.29, 0.717) is 19.1 Å². The number of rotatable bonds is 7. The van der Waals surface area contributed by atoms with Crippen LogP contribution in [0.25, 0.3) is 0 Å². The van der Waals surface area contributed by atoms with Gasteiger partial charge in [-0.25, -0.2) is 4.79 Å². The van der Waals surface area contributed by atoms with Crippen molar-refractivity contribution in [2.45, 2.75) is 12.8 Å². The predicted molar refractivity (Wildman–Crippen MR) is 74.7 cm³/mol. The van der Waals surface area contributed by atoms with Crippen LogP contribution in [-0.4, -0.2) is 80.4 Å². The maximum atomic E-state index is 12.0. The van der Waals surface area contributed by atoms with Gasteiger partial charge in [0, 0.05) is 26.7 Å². The van der Waals surface area contributed by atoms with Crippen LogP contribution in [-0.2, 0) is 9.53 Å². The van der Waals surface area contributed by atoms with Gasteiger partial charge in [-0.1, -0.05) is 0 Å². The van der Waals surface area contributed by atoms with Gasteiger partial charge in [-0.15, -0.1) is 0 Å². The van der Waals surface area contributed by atoms with Gasteiger partial charge in [-0.2, -0.15) is 0 Å². The minimum absolute atomic E-state index is 0.277. The summed E-state index contributed by atoms with van der Waals surface area (Å²) in [5, 5.41) is 11.6. The van der Waals surface area contributed by atoms with E-state index in [2.05, 4.69) is 17.3 Å². The van der Waals surface area contributed by atoms with Crippen molar-refractivity contribution in [2.24, 2.45) is 5.92 Å². The summed E-state index contributed by atoms with van der Waals surface area (Å²) in [6, 6.07) is -0.335. The van der Waals surface area contributed by atoms with E-state index >= 15 is 0 Å². The molecule has 1 aliphatic rings. The van der Waals surface area contributed by atoms with E-state index in [9.17, 15) is 9.59 Å². The van der Waals surface area contributed by atoms with Gasteiger partial charge in [0.1, 0.15) is 6.54 Å². The average Bonchev–Trinajstić information content (AvgIpc) is 2.40. The van der Waals surface area contributed by atoms with E-state index in [0.717, 1.165) is 25.9 Å². The number of carbonyl (C=O) groups excluding carboxylic acids is 1. The Morgan fingerprint density at radius 3 is 2.85 bits per heavy atom. The molecular weight excluding hydrogens is 262 g/mol. The maximum absolute atomic E-state index is 12.0. The molecule has 0 radical (unpaired) electrons. The highest BCUT2D eigenvalue weighted by molar-refractivity contribution is 5.80. The van der Waals surface area contributed by atoms with Crippen molar-refractivity contribution < 1.29 is 19.4 Å². The molecule has 2 amide bonds. The lowest BCUT2D eigenvalue weighted by Crippen LogP contribution is -2.47. The lowest BCUT2D eigenvalue weighted by Gasteiger charge is -2.30. The zero-order valence-electron chi connectivity index (χ0n) is 12.3. The van der Waals surface area contributed by atoms with Gasteiger partial charge < -0.3 is 25.0 Å². The van der Waals surface area contributed by atoms with Crippen LogP contribution in [0.2, 0.25) is 0 Å². The van der Waals surface area contributed by atoms with Crippen molar-refractivity contribution in [3.05, 3.63) is 0 Å². The molecule has 7 nitrogen and oxygen atoms in total. The summed E-state index contributed by atoms with van der Waals surface area (Å²) in [7, 11) is 3.60. The summed E-state index contributed by atoms with van der Waals surface area (Å²) in [5.74, 6) is -0.583. The van der Waals surface area contributed by atoms with Gasteiger partial charge in [0.15, 0.2) is 0 Å². The number of carboxylic acid groups (broad SMARTS) is 1. The number of nitrogens with zero attached hydrogens (tertiary/aromatic N) is 2. The van der Waals surface area contributed by atoms with Crippen molar-refractivity contribution in [1.29, 1.82) is 0 Å². The number of nitrogens with one attached hydrogen (secondary N) is 1. The fraction of sp³-hybridized carbons (Fsp3) is 0.846. The molecule has 1 rings (SSSR count). The van der Waals surface area contributed by atoms with Gasteiger partial charge in [0.05, 0.1) is 6.61 Å². The Morgan fingerprint density at radius 1 is 1.50 bits per heavy atom. The minimum Gasteiger partial charge on any atom is -0.480 e. The SMILES string of the molecule is COCCN(CC(=O)O)C(=O)NCC1CCCN(C)C1. The third kappa shape index (κ3) is 6.21. The molecular formula is C13H25N3O4. The molecule has 1 heterocycles. The first-order valence-corrected chi connectivity index (χ1v) is 6.95. The number of aliphatic carboxylic acids is 1. The molecule has 7 heteroatoms. The molecule has 0 aliphatic carbocycles. The van der Waals surface area contributed by atoms with Gasteiger partial charge in [0.2, 0.25) is 0 Å². The molecule has 0 spiro atoms. The van der Waals surface area contributed by atoms with Crippen LogP contribution in [0, 0.1) is 5.92 Å². The summed E-state index contributed by atoms with van der Waals surface area (Å²) in [5.41, 5.74) is 0. The van der Waals surface area contributed by atoms with Crippen molar-refractivity contribution in [2.75, 3.05) is 53.5 Å². The molecule has 1 unspecified atom stereocenters. The summed E-state index contributed by atoms with van der Waals surface area (Å²) in [4.78, 5) is 26.3. The number of carboxylic acids is 1. The molecule has 1 fully saturated rings. The number of amides is 2. The van der Waals surface area contributed by atoms with Crippen LogP contribution < -0.4 is 5.32 Å². The van der Waals surface area contributed by atoms with Crippen LogP contribution in [0.5, 0.6) is 0 Å². The first kappa shape index (κ1) is 16.7. The van der Waals surface area contributed by atoms with Crippen molar-refractivity contribution in [3.63, 3.8) is 0 Å². The van der Waals surface area contributed by atoms with Gasteiger partial charge in [0.25, 0.3) is 0 Å². The highest BCUT2D eigenvalue weighted by atomic mass is 16.5. The fourth-order valence-corrected chi connectivity index (χ4v) is 2.40. The number of ether oxygens (including phenoxy) is 1. The third-order valence-electron chi connectivity index (χ3n) is 3.44. The molecule has 1 atom stereocenters. The van der Waals surface area contributed by atoms with Crippen LogP contribution in [0.1, 0.15) is 12.8 Å². The van der Waals surface area contributed by atoms with E-state index in [1.165, 1.54) is 12.0 Å². The number of methoxy groups -OCH3 is 1. The number of hydrogen-bond acceptors (Lipinski definition) is 4. The van der Waals surface area contributed by atoms with Crippen molar-refractivity contribution >= 4 is 12.0 Å². The highest BCUT2D eigenvalue weighted by Gasteiger charge is 2.20. The third-order valence-corrected chi connectivity index (χ3v) is 3.44. The van der Waals surface area contributed by atoms with Crippen molar-refractivity contribution in [3.8, 4) is 0 Å². The fourth-order valence-electron chi connectivity index (χ4n) is 2.40. The van der Waals surface area contributed by atoms with Crippen LogP contribution in [0.3, 0.4) is 0 Å². The molecule has 116 valence electrons. The van der Waals surface area contributed by atoms with E-state index in [1.807, 2.05) is 0 Å². The van der Waals surface area contributed by atoms with Gasteiger partial charge in [-0.3, -0.25) is 4.79 Å². The van der Waals surface area contributed by atoms with E-state index in [1.54, 1.807) is 0 Å². The largest absolute Gasteiger partial charge is 0.480 e. The molecule has 20 heavy (non-hydrogen) atoms. The zero-order valence-corrected chi connectivity index (χ0v) is 12.3. The van der Waals surface area contributed by atoms with Crippen LogP contribution in [0.15, 0.2) is 0 Å². The standard InChI is InChI=1S/C13H25N3O4/c1-15-5-3-4-11(9-15)8-14-13(19)16(6-7-20-2)10-12(17)18/h11H,3-10H2,1-2H3,(H,14,19)(H,17,18). The number of hydrogen-bond donors (Lipinski definition) is 2. The number of likely N-dealkylation sites (tertiary alicyclic amines) is 1. The van der Waals surface area contributed by atoms with E-state index in [-0.39, 0.29) is 19.1 Å². The van der Waals surface area contributed by atoms with Crippen LogP contribution >= 0.6 is 0 Å². The maximum Gasteiger partial charge on any atom is 0.323 e. The Kier molecular flexibility index (Phi) is 7.32. The Balaban J connectivity index is 2.37. The number of urea groups is 1. The number of carbonyl (C=O) groups is 2. The first-order valence-electron chi connectivity index (χ1n) is 6.95. The molecule has 0 aromatic heterocycles. The highest BCUT2D eigenvalue weighted by Crippen LogP contribution is 2.13. The summed E-state index contributed by atoms with van der Waals surface area (Å²) in [6.45, 7) is 2.96. The quantitative estimate of drug-likeness (QED) is 0.692. The van der Waals surface area contributed by atoms with E-state index in [4.69, 9.17) is 9.84 Å².